The van der Waals surface area contributed by atoms with Gasteiger partial charge in [-0.1, -0.05) is 12.1 Å². The Bertz CT molecular complexity index is 380. The third kappa shape index (κ3) is 1.36. The maximum absolute atomic E-state index is 12.9. The zero-order valence-corrected chi connectivity index (χ0v) is 7.21. The highest BCUT2D eigenvalue weighted by Gasteiger charge is 2.50. The van der Waals surface area contributed by atoms with Gasteiger partial charge in [0.15, 0.2) is 0 Å². The van der Waals surface area contributed by atoms with Gasteiger partial charge in [0.2, 0.25) is 0 Å². The summed E-state index contributed by atoms with van der Waals surface area (Å²) in [6.45, 7) is -0.516. The number of hydrogen-bond acceptors (Lipinski definition) is 2. The van der Waals surface area contributed by atoms with Gasteiger partial charge in [0.25, 0.3) is 0 Å². The molecule has 1 fully saturated rings. The van der Waals surface area contributed by atoms with E-state index in [2.05, 4.69) is 0 Å². The molecule has 1 aliphatic rings. The van der Waals surface area contributed by atoms with Crippen molar-refractivity contribution < 1.29 is 13.5 Å². The van der Waals surface area contributed by atoms with E-state index in [1.807, 2.05) is 6.07 Å². The molecule has 0 radical (unpaired) electrons. The van der Waals surface area contributed by atoms with Crippen LogP contribution in [0.1, 0.15) is 17.2 Å². The second-order valence-electron chi connectivity index (χ2n) is 3.19. The van der Waals surface area contributed by atoms with E-state index in [-0.39, 0.29) is 0 Å². The van der Waals surface area contributed by atoms with E-state index in [1.165, 1.54) is 24.3 Å². The molecule has 2 nitrogen and oxygen atoms in total. The summed E-state index contributed by atoms with van der Waals surface area (Å²) in [7, 11) is 0. The van der Waals surface area contributed by atoms with Crippen molar-refractivity contribution in [3.8, 4) is 6.07 Å². The molecule has 1 unspecified atom stereocenters. The molecule has 0 bridgehead atoms. The van der Waals surface area contributed by atoms with Crippen LogP contribution in [0.2, 0.25) is 0 Å². The number of halogens is 2. The molecule has 1 aromatic rings. The van der Waals surface area contributed by atoms with E-state index < -0.39 is 18.6 Å². The third-order valence-electron chi connectivity index (χ3n) is 2.17. The first-order valence-corrected chi connectivity index (χ1v) is 4.13. The second-order valence-corrected chi connectivity index (χ2v) is 3.19. The molecule has 0 amide bonds. The molecule has 0 aromatic heterocycles. The van der Waals surface area contributed by atoms with Crippen molar-refractivity contribution in [2.24, 2.45) is 0 Å². The minimum atomic E-state index is -2.77. The first-order chi connectivity index (χ1) is 6.63. The van der Waals surface area contributed by atoms with Crippen molar-refractivity contribution in [2.45, 2.75) is 12.0 Å². The van der Waals surface area contributed by atoms with Crippen LogP contribution in [0.25, 0.3) is 0 Å². The second kappa shape index (κ2) is 3.03. The molecule has 1 aliphatic heterocycles. The molecule has 0 aliphatic carbocycles. The molecular formula is C10H7F2NO. The standard InChI is InChI=1S/C10H7F2NO/c11-10(12)6-14-9(10)8-3-1-7(5-13)2-4-8/h1-4,9H,6H2. The summed E-state index contributed by atoms with van der Waals surface area (Å²) in [6.07, 6.45) is -1.14. The van der Waals surface area contributed by atoms with Gasteiger partial charge in [-0.2, -0.15) is 5.26 Å². The number of nitriles is 1. The van der Waals surface area contributed by atoms with Gasteiger partial charge >= 0.3 is 5.92 Å². The first-order valence-electron chi connectivity index (χ1n) is 4.13. The van der Waals surface area contributed by atoms with Gasteiger partial charge < -0.3 is 4.74 Å². The Morgan fingerprint density at radius 1 is 1.36 bits per heavy atom. The molecule has 0 saturated carbocycles. The lowest BCUT2D eigenvalue weighted by atomic mass is 9.99. The first kappa shape index (κ1) is 9.10. The molecule has 1 saturated heterocycles. The van der Waals surface area contributed by atoms with Crippen LogP contribution in [-0.2, 0) is 4.74 Å². The maximum Gasteiger partial charge on any atom is 0.300 e. The van der Waals surface area contributed by atoms with Crippen molar-refractivity contribution >= 4 is 0 Å². The quantitative estimate of drug-likeness (QED) is 0.688. The summed E-state index contributed by atoms with van der Waals surface area (Å²) >= 11 is 0. The fourth-order valence-corrected chi connectivity index (χ4v) is 1.37. The van der Waals surface area contributed by atoms with Crippen LogP contribution in [0.15, 0.2) is 24.3 Å². The lowest BCUT2D eigenvalue weighted by Gasteiger charge is -2.36. The normalized spacial score (nSPS) is 23.6. The minimum absolute atomic E-state index is 0.417. The van der Waals surface area contributed by atoms with Crippen LogP contribution in [0, 0.1) is 11.3 Å². The van der Waals surface area contributed by atoms with E-state index >= 15 is 0 Å². The van der Waals surface area contributed by atoms with Crippen LogP contribution < -0.4 is 0 Å². The Kier molecular flexibility index (Phi) is 1.97. The van der Waals surface area contributed by atoms with Gasteiger partial charge in [0.1, 0.15) is 12.7 Å². The molecule has 4 heteroatoms. The molecule has 72 valence electrons. The minimum Gasteiger partial charge on any atom is -0.361 e. The number of rotatable bonds is 1. The maximum atomic E-state index is 12.9. The molecular weight excluding hydrogens is 188 g/mol. The fraction of sp³-hybridized carbons (Fsp3) is 0.300. The Morgan fingerprint density at radius 2 is 2.00 bits per heavy atom. The Balaban J connectivity index is 2.23. The highest BCUT2D eigenvalue weighted by atomic mass is 19.3. The number of benzene rings is 1. The summed E-state index contributed by atoms with van der Waals surface area (Å²) in [5, 5.41) is 8.51. The SMILES string of the molecule is N#Cc1ccc(C2OCC2(F)F)cc1. The van der Waals surface area contributed by atoms with E-state index in [4.69, 9.17) is 10.00 Å². The predicted octanol–water partition coefficient (Wildman–Crippen LogP) is 2.26. The summed E-state index contributed by atoms with van der Waals surface area (Å²) in [4.78, 5) is 0. The summed E-state index contributed by atoms with van der Waals surface area (Å²) < 4.78 is 30.5. The van der Waals surface area contributed by atoms with Crippen LogP contribution in [0.3, 0.4) is 0 Å². The monoisotopic (exact) mass is 195 g/mol. The average molecular weight is 195 g/mol. The van der Waals surface area contributed by atoms with Crippen molar-refractivity contribution in [1.29, 1.82) is 5.26 Å². The van der Waals surface area contributed by atoms with Gasteiger partial charge in [-0.15, -0.1) is 0 Å². The van der Waals surface area contributed by atoms with Crippen molar-refractivity contribution in [3.63, 3.8) is 0 Å². The molecule has 0 N–H and O–H groups in total. The van der Waals surface area contributed by atoms with Crippen LogP contribution in [-0.4, -0.2) is 12.5 Å². The Labute approximate surface area is 79.7 Å². The molecule has 1 aromatic carbocycles. The molecule has 0 spiro atoms. The van der Waals surface area contributed by atoms with Crippen LogP contribution in [0.4, 0.5) is 8.78 Å². The number of ether oxygens (including phenoxy) is 1. The molecule has 1 atom stereocenters. The zero-order valence-electron chi connectivity index (χ0n) is 7.21. The van der Waals surface area contributed by atoms with E-state index in [9.17, 15) is 8.78 Å². The summed E-state index contributed by atoms with van der Waals surface area (Å²) in [6, 6.07) is 7.93. The third-order valence-corrected chi connectivity index (χ3v) is 2.17. The topological polar surface area (TPSA) is 33.0 Å². The highest BCUT2D eigenvalue weighted by molar-refractivity contribution is 5.33. The number of hydrogen-bond donors (Lipinski definition) is 0. The van der Waals surface area contributed by atoms with Crippen LogP contribution in [0.5, 0.6) is 0 Å². The molecule has 2 rings (SSSR count). The van der Waals surface area contributed by atoms with Crippen molar-refractivity contribution in [2.75, 3.05) is 6.61 Å². The smallest absolute Gasteiger partial charge is 0.300 e. The number of alkyl halides is 2. The summed E-state index contributed by atoms with van der Waals surface area (Å²) in [5.41, 5.74) is 0.872. The molecule has 1 heterocycles. The van der Waals surface area contributed by atoms with E-state index in [0.717, 1.165) is 0 Å². The average Bonchev–Trinajstić information content (AvgIpc) is 2.18. The van der Waals surface area contributed by atoms with E-state index in [0.29, 0.717) is 11.1 Å². The van der Waals surface area contributed by atoms with Gasteiger partial charge in [0.05, 0.1) is 11.6 Å². The van der Waals surface area contributed by atoms with Gasteiger partial charge in [-0.3, -0.25) is 0 Å². The van der Waals surface area contributed by atoms with Gasteiger partial charge in [-0.05, 0) is 17.7 Å². The van der Waals surface area contributed by atoms with Crippen molar-refractivity contribution in [1.82, 2.24) is 0 Å². The Morgan fingerprint density at radius 3 is 2.36 bits per heavy atom. The highest BCUT2D eigenvalue weighted by Crippen LogP contribution is 2.43. The fourth-order valence-electron chi connectivity index (χ4n) is 1.37. The number of nitrogens with zero attached hydrogens (tertiary/aromatic N) is 1. The zero-order chi connectivity index (χ0) is 10.2. The van der Waals surface area contributed by atoms with Crippen LogP contribution >= 0.6 is 0 Å². The largest absolute Gasteiger partial charge is 0.361 e. The van der Waals surface area contributed by atoms with E-state index in [1.54, 1.807) is 0 Å². The molecule has 14 heavy (non-hydrogen) atoms. The lowest BCUT2D eigenvalue weighted by molar-refractivity contribution is -0.268. The summed E-state index contributed by atoms with van der Waals surface area (Å²) in [5.74, 6) is -2.77. The van der Waals surface area contributed by atoms with Crippen molar-refractivity contribution in [3.05, 3.63) is 35.4 Å². The Hall–Kier alpha value is -1.47. The predicted molar refractivity (Wildman–Crippen MR) is 44.8 cm³/mol. The van der Waals surface area contributed by atoms with Gasteiger partial charge in [0, 0.05) is 0 Å². The lowest BCUT2D eigenvalue weighted by Crippen LogP contribution is -2.44. The van der Waals surface area contributed by atoms with Gasteiger partial charge in [-0.25, -0.2) is 8.78 Å².